The van der Waals surface area contributed by atoms with Gasteiger partial charge in [-0.1, -0.05) is 0 Å². The number of hydrogen-bond donors (Lipinski definition) is 1. The second-order valence-corrected chi connectivity index (χ2v) is 5.59. The van der Waals surface area contributed by atoms with Gasteiger partial charge < -0.3 is 14.4 Å². The predicted molar refractivity (Wildman–Crippen MR) is 86.0 cm³/mol. The number of likely N-dealkylation sites (N-methyl/N-ethyl adjacent to an activating group) is 1. The van der Waals surface area contributed by atoms with Crippen LogP contribution in [0.25, 0.3) is 22.1 Å². The van der Waals surface area contributed by atoms with Crippen molar-refractivity contribution in [2.24, 2.45) is 0 Å². The largest absolute Gasteiger partial charge is 0.464 e. The third kappa shape index (κ3) is 2.93. The molecular formula is C15H17N5O4. The normalized spacial score (nSPS) is 11.5. The lowest BCUT2D eigenvalue weighted by Gasteiger charge is -2.10. The fourth-order valence-corrected chi connectivity index (χ4v) is 2.53. The topological polar surface area (TPSA) is 102 Å². The van der Waals surface area contributed by atoms with Crippen LogP contribution < -0.4 is 0 Å². The van der Waals surface area contributed by atoms with Crippen LogP contribution >= 0.6 is 0 Å². The zero-order valence-electron chi connectivity index (χ0n) is 13.3. The summed E-state index contributed by atoms with van der Waals surface area (Å²) in [5, 5.41) is 9.86. The Morgan fingerprint density at radius 3 is 2.83 bits per heavy atom. The maximum Gasteiger partial charge on any atom is 0.417 e. The Hall–Kier alpha value is -2.94. The van der Waals surface area contributed by atoms with Gasteiger partial charge in [0.15, 0.2) is 5.65 Å². The molecule has 3 aromatic heterocycles. The van der Waals surface area contributed by atoms with Gasteiger partial charge in [0.1, 0.15) is 12.1 Å². The van der Waals surface area contributed by atoms with Gasteiger partial charge in [-0.3, -0.25) is 9.69 Å². The molecule has 0 saturated carbocycles. The molecule has 0 amide bonds. The zero-order chi connectivity index (χ0) is 17.3. The number of rotatable bonds is 5. The fraction of sp³-hybridized carbons (Fsp3) is 0.333. The minimum Gasteiger partial charge on any atom is -0.464 e. The number of carbonyl (C=O) groups excluding carboxylic acids is 1. The summed E-state index contributed by atoms with van der Waals surface area (Å²) in [5.41, 5.74) is 1.77. The van der Waals surface area contributed by atoms with E-state index in [2.05, 4.69) is 9.97 Å². The Morgan fingerprint density at radius 2 is 2.12 bits per heavy atom. The van der Waals surface area contributed by atoms with Crippen molar-refractivity contribution in [2.75, 3.05) is 27.2 Å². The lowest BCUT2D eigenvalue weighted by atomic mass is 10.3. The molecule has 1 N–H and O–H groups in total. The van der Waals surface area contributed by atoms with Crippen LogP contribution in [0.3, 0.4) is 0 Å². The first kappa shape index (κ1) is 15.9. The molecule has 0 aliphatic heterocycles. The van der Waals surface area contributed by atoms with E-state index < -0.39 is 6.09 Å². The molecule has 0 aromatic carbocycles. The third-order valence-corrected chi connectivity index (χ3v) is 3.54. The average Bonchev–Trinajstić information content (AvgIpc) is 3.09. The monoisotopic (exact) mass is 331 g/mol. The fourth-order valence-electron chi connectivity index (χ4n) is 2.53. The number of pyridine rings is 1. The number of carbonyl (C=O) groups is 2. The molecule has 24 heavy (non-hydrogen) atoms. The van der Waals surface area contributed by atoms with Crippen molar-refractivity contribution in [1.29, 1.82) is 0 Å². The molecule has 0 atom stereocenters. The van der Waals surface area contributed by atoms with Crippen LogP contribution in [0.4, 0.5) is 4.79 Å². The first-order valence-electron chi connectivity index (χ1n) is 7.32. The van der Waals surface area contributed by atoms with Crippen LogP contribution in [0.1, 0.15) is 0 Å². The van der Waals surface area contributed by atoms with E-state index in [4.69, 9.17) is 4.74 Å². The van der Waals surface area contributed by atoms with Crippen molar-refractivity contribution >= 4 is 34.1 Å². The number of fused-ring (bicyclic) bond motifs is 3. The molecule has 9 nitrogen and oxygen atoms in total. The number of carboxylic acid groups (broad SMARTS) is 1. The molecule has 3 heterocycles. The Morgan fingerprint density at radius 1 is 1.33 bits per heavy atom. The summed E-state index contributed by atoms with van der Waals surface area (Å²) in [5.74, 6) is -0.298. The zero-order valence-corrected chi connectivity index (χ0v) is 13.3. The van der Waals surface area contributed by atoms with Crippen molar-refractivity contribution in [3.8, 4) is 0 Å². The molecule has 0 spiro atoms. The minimum absolute atomic E-state index is 0.210. The Balaban J connectivity index is 1.85. The quantitative estimate of drug-likeness (QED) is 0.696. The highest BCUT2D eigenvalue weighted by atomic mass is 16.5. The van der Waals surface area contributed by atoms with Gasteiger partial charge in [-0.15, -0.1) is 0 Å². The number of imidazole rings is 1. The van der Waals surface area contributed by atoms with Crippen molar-refractivity contribution < 1.29 is 19.4 Å². The van der Waals surface area contributed by atoms with Gasteiger partial charge in [-0.05, 0) is 20.2 Å². The number of nitrogens with zero attached hydrogens (tertiary/aromatic N) is 5. The molecule has 126 valence electrons. The smallest absolute Gasteiger partial charge is 0.417 e. The number of aromatic nitrogens is 4. The Labute approximate surface area is 137 Å². The van der Waals surface area contributed by atoms with E-state index in [1.54, 1.807) is 31.4 Å². The molecule has 0 fully saturated rings. The lowest BCUT2D eigenvalue weighted by Crippen LogP contribution is -2.24. The molecule has 3 aromatic rings. The number of hydrogen-bond acceptors (Lipinski definition) is 6. The molecule has 0 radical (unpaired) electrons. The highest BCUT2D eigenvalue weighted by molar-refractivity contribution is 6.03. The predicted octanol–water partition coefficient (Wildman–Crippen LogP) is 1.02. The van der Waals surface area contributed by atoms with Gasteiger partial charge >= 0.3 is 12.1 Å². The molecule has 0 bridgehead atoms. The standard InChI is InChI=1S/C15H17N5O4/c1-18(2)8-12(21)24-6-5-19-9-17-11-7-16-14-10(13(11)19)3-4-20(14)15(22)23/h3-4,7,9H,5-6,8H2,1-2H3,(H,22,23). The minimum atomic E-state index is -1.10. The van der Waals surface area contributed by atoms with E-state index in [1.807, 2.05) is 4.57 Å². The molecule has 0 aliphatic rings. The van der Waals surface area contributed by atoms with E-state index in [1.165, 1.54) is 12.4 Å². The van der Waals surface area contributed by atoms with E-state index in [0.29, 0.717) is 23.1 Å². The van der Waals surface area contributed by atoms with Crippen molar-refractivity contribution in [2.45, 2.75) is 6.54 Å². The Kier molecular flexibility index (Phi) is 4.17. The first-order valence-corrected chi connectivity index (χ1v) is 7.32. The lowest BCUT2D eigenvalue weighted by molar-refractivity contribution is -0.144. The van der Waals surface area contributed by atoms with Gasteiger partial charge in [0.2, 0.25) is 0 Å². The third-order valence-electron chi connectivity index (χ3n) is 3.54. The maximum absolute atomic E-state index is 11.6. The second kappa shape index (κ2) is 6.28. The average molecular weight is 331 g/mol. The first-order chi connectivity index (χ1) is 11.5. The van der Waals surface area contributed by atoms with Crippen molar-refractivity contribution in [3.63, 3.8) is 0 Å². The molecule has 9 heteroatoms. The molecule has 3 rings (SSSR count). The van der Waals surface area contributed by atoms with Gasteiger partial charge in [0, 0.05) is 11.6 Å². The number of ether oxygens (including phenoxy) is 1. The van der Waals surface area contributed by atoms with Gasteiger partial charge in [0.25, 0.3) is 0 Å². The summed E-state index contributed by atoms with van der Waals surface area (Å²) in [6.07, 6.45) is 3.52. The number of esters is 1. The van der Waals surface area contributed by atoms with E-state index in [0.717, 1.165) is 10.1 Å². The SMILES string of the molecule is CN(C)CC(=O)OCCn1cnc2cnc3c(ccn3C(=O)O)c21. The highest BCUT2D eigenvalue weighted by Crippen LogP contribution is 2.23. The Bertz CT molecular complexity index is 911. The van der Waals surface area contributed by atoms with E-state index in [-0.39, 0.29) is 19.1 Å². The summed E-state index contributed by atoms with van der Waals surface area (Å²) in [7, 11) is 3.59. The molecule has 0 aliphatic carbocycles. The van der Waals surface area contributed by atoms with Gasteiger partial charge in [-0.2, -0.15) is 0 Å². The summed E-state index contributed by atoms with van der Waals surface area (Å²) in [4.78, 5) is 32.9. The highest BCUT2D eigenvalue weighted by Gasteiger charge is 2.14. The summed E-state index contributed by atoms with van der Waals surface area (Å²) in [6, 6.07) is 1.69. The van der Waals surface area contributed by atoms with Crippen LogP contribution in [0.2, 0.25) is 0 Å². The summed E-state index contributed by atoms with van der Waals surface area (Å²) in [6.45, 7) is 0.856. The summed E-state index contributed by atoms with van der Waals surface area (Å²) >= 11 is 0. The van der Waals surface area contributed by atoms with Gasteiger partial charge in [0.05, 0.1) is 31.1 Å². The van der Waals surface area contributed by atoms with E-state index in [9.17, 15) is 14.7 Å². The summed E-state index contributed by atoms with van der Waals surface area (Å²) < 4.78 is 8.07. The van der Waals surface area contributed by atoms with Crippen LogP contribution in [0, 0.1) is 0 Å². The van der Waals surface area contributed by atoms with Crippen LogP contribution in [-0.4, -0.2) is 68.4 Å². The second-order valence-electron chi connectivity index (χ2n) is 5.59. The van der Waals surface area contributed by atoms with Crippen molar-refractivity contribution in [3.05, 3.63) is 24.8 Å². The van der Waals surface area contributed by atoms with E-state index >= 15 is 0 Å². The van der Waals surface area contributed by atoms with Crippen molar-refractivity contribution in [1.82, 2.24) is 24.0 Å². The molecular weight excluding hydrogens is 314 g/mol. The van der Waals surface area contributed by atoms with Crippen LogP contribution in [-0.2, 0) is 16.1 Å². The van der Waals surface area contributed by atoms with Crippen LogP contribution in [0.15, 0.2) is 24.8 Å². The molecule has 0 saturated heterocycles. The van der Waals surface area contributed by atoms with Crippen LogP contribution in [0.5, 0.6) is 0 Å². The van der Waals surface area contributed by atoms with Gasteiger partial charge in [-0.25, -0.2) is 19.3 Å². The molecule has 0 unspecified atom stereocenters. The maximum atomic E-state index is 11.6.